The van der Waals surface area contributed by atoms with Gasteiger partial charge in [0.1, 0.15) is 0 Å². The maximum atomic E-state index is 11.1. The average Bonchev–Trinajstić information content (AvgIpc) is 3.13. The molecule has 0 unspecified atom stereocenters. The number of hydrogen-bond acceptors (Lipinski definition) is 7. The predicted octanol–water partition coefficient (Wildman–Crippen LogP) is 4.03. The number of nitrogens with zero attached hydrogens (tertiary/aromatic N) is 3. The highest BCUT2D eigenvalue weighted by Crippen LogP contribution is 2.33. The number of nitro benzene ring substituents is 1. The van der Waals surface area contributed by atoms with Crippen LogP contribution in [0.25, 0.3) is 10.6 Å². The number of benzene rings is 1. The third kappa shape index (κ3) is 4.06. The van der Waals surface area contributed by atoms with E-state index in [1.807, 2.05) is 12.3 Å². The summed E-state index contributed by atoms with van der Waals surface area (Å²) < 4.78 is 0. The number of nitrogens with one attached hydrogen (secondary N) is 1. The summed E-state index contributed by atoms with van der Waals surface area (Å²) in [6, 6.07) is 6.48. The van der Waals surface area contributed by atoms with E-state index in [4.69, 9.17) is 0 Å². The summed E-state index contributed by atoms with van der Waals surface area (Å²) in [4.78, 5) is 31.3. The second kappa shape index (κ2) is 7.08. The standard InChI is InChI=1S/C16H14N4O3S2/c1-9-15(25-16(17-9)18-10(2)21)13-8-24-14(19-13)7-11-3-5-12(6-4-11)20(22)23/h3-6,8H,7H2,1-2H3,(H,17,18,21). The van der Waals surface area contributed by atoms with Gasteiger partial charge in [-0.3, -0.25) is 14.9 Å². The average molecular weight is 374 g/mol. The Morgan fingerprint density at radius 2 is 2.00 bits per heavy atom. The van der Waals surface area contributed by atoms with Crippen molar-refractivity contribution in [3.63, 3.8) is 0 Å². The van der Waals surface area contributed by atoms with E-state index < -0.39 is 4.92 Å². The molecule has 2 heterocycles. The molecule has 1 N–H and O–H groups in total. The number of carbonyl (C=O) groups excluding carboxylic acids is 1. The van der Waals surface area contributed by atoms with Gasteiger partial charge in [-0.1, -0.05) is 23.5 Å². The van der Waals surface area contributed by atoms with Gasteiger partial charge in [0.05, 0.1) is 26.2 Å². The smallest absolute Gasteiger partial charge is 0.269 e. The van der Waals surface area contributed by atoms with Gasteiger partial charge < -0.3 is 5.32 Å². The quantitative estimate of drug-likeness (QED) is 0.537. The molecule has 1 amide bonds. The highest BCUT2D eigenvalue weighted by Gasteiger charge is 2.14. The Hall–Kier alpha value is -2.65. The van der Waals surface area contributed by atoms with E-state index in [-0.39, 0.29) is 11.6 Å². The molecule has 0 saturated carbocycles. The van der Waals surface area contributed by atoms with Crippen LogP contribution in [-0.2, 0) is 11.2 Å². The van der Waals surface area contributed by atoms with Gasteiger partial charge in [-0.25, -0.2) is 9.97 Å². The number of thiazole rings is 2. The first-order valence-corrected chi connectivity index (χ1v) is 9.05. The Kier molecular flexibility index (Phi) is 4.86. The van der Waals surface area contributed by atoms with E-state index in [1.54, 1.807) is 12.1 Å². The van der Waals surface area contributed by atoms with Crippen molar-refractivity contribution < 1.29 is 9.72 Å². The molecule has 0 aliphatic rings. The highest BCUT2D eigenvalue weighted by molar-refractivity contribution is 7.19. The van der Waals surface area contributed by atoms with Crippen molar-refractivity contribution in [3.8, 4) is 10.6 Å². The van der Waals surface area contributed by atoms with E-state index >= 15 is 0 Å². The molecule has 0 aliphatic heterocycles. The Bertz CT molecular complexity index is 931. The van der Waals surface area contributed by atoms with Crippen molar-refractivity contribution in [2.75, 3.05) is 5.32 Å². The van der Waals surface area contributed by atoms with Crippen LogP contribution in [0.1, 0.15) is 23.2 Å². The van der Waals surface area contributed by atoms with Crippen LogP contribution in [0.3, 0.4) is 0 Å². The van der Waals surface area contributed by atoms with Gasteiger partial charge in [0.25, 0.3) is 5.69 Å². The first-order valence-electron chi connectivity index (χ1n) is 7.35. The lowest BCUT2D eigenvalue weighted by molar-refractivity contribution is -0.384. The summed E-state index contributed by atoms with van der Waals surface area (Å²) >= 11 is 2.92. The monoisotopic (exact) mass is 374 g/mol. The summed E-state index contributed by atoms with van der Waals surface area (Å²) in [6.45, 7) is 3.33. The van der Waals surface area contributed by atoms with Crippen molar-refractivity contribution in [1.29, 1.82) is 0 Å². The maximum absolute atomic E-state index is 11.1. The molecule has 0 radical (unpaired) electrons. The molecule has 0 bridgehead atoms. The van der Waals surface area contributed by atoms with E-state index in [9.17, 15) is 14.9 Å². The zero-order valence-corrected chi connectivity index (χ0v) is 15.1. The highest BCUT2D eigenvalue weighted by atomic mass is 32.1. The molecule has 1 aromatic carbocycles. The van der Waals surface area contributed by atoms with Crippen LogP contribution in [0.5, 0.6) is 0 Å². The second-order valence-corrected chi connectivity index (χ2v) is 7.28. The van der Waals surface area contributed by atoms with Gasteiger partial charge >= 0.3 is 0 Å². The molecule has 7 nitrogen and oxygen atoms in total. The lowest BCUT2D eigenvalue weighted by atomic mass is 10.1. The van der Waals surface area contributed by atoms with Crippen molar-refractivity contribution in [2.24, 2.45) is 0 Å². The van der Waals surface area contributed by atoms with Gasteiger partial charge in [-0.15, -0.1) is 11.3 Å². The Morgan fingerprint density at radius 3 is 2.64 bits per heavy atom. The van der Waals surface area contributed by atoms with E-state index in [1.165, 1.54) is 41.7 Å². The van der Waals surface area contributed by atoms with E-state index in [0.29, 0.717) is 11.6 Å². The number of hydrogen-bond donors (Lipinski definition) is 1. The van der Waals surface area contributed by atoms with Gasteiger partial charge in [0.15, 0.2) is 5.13 Å². The number of aryl methyl sites for hydroxylation is 1. The number of rotatable bonds is 5. The van der Waals surface area contributed by atoms with Gasteiger partial charge in [0.2, 0.25) is 5.91 Å². The lowest BCUT2D eigenvalue weighted by Gasteiger charge is -1.98. The largest absolute Gasteiger partial charge is 0.302 e. The third-order valence-corrected chi connectivity index (χ3v) is 5.31. The van der Waals surface area contributed by atoms with Crippen LogP contribution < -0.4 is 5.32 Å². The van der Waals surface area contributed by atoms with Crippen LogP contribution in [0.2, 0.25) is 0 Å². The molecule has 0 atom stereocenters. The SMILES string of the molecule is CC(=O)Nc1nc(C)c(-c2csc(Cc3ccc([N+](=O)[O-])cc3)n2)s1. The summed E-state index contributed by atoms with van der Waals surface area (Å²) in [5.74, 6) is -0.155. The Morgan fingerprint density at radius 1 is 1.28 bits per heavy atom. The van der Waals surface area contributed by atoms with E-state index in [2.05, 4.69) is 15.3 Å². The number of non-ortho nitro benzene ring substituents is 1. The number of amides is 1. The first-order chi connectivity index (χ1) is 11.9. The lowest BCUT2D eigenvalue weighted by Crippen LogP contribution is -2.04. The molecule has 3 rings (SSSR count). The zero-order valence-electron chi connectivity index (χ0n) is 13.5. The molecular weight excluding hydrogens is 360 g/mol. The van der Waals surface area contributed by atoms with Crippen molar-refractivity contribution >= 4 is 39.4 Å². The molecule has 9 heteroatoms. The van der Waals surface area contributed by atoms with Gasteiger partial charge in [0, 0.05) is 30.9 Å². The fourth-order valence-electron chi connectivity index (χ4n) is 2.24. The summed E-state index contributed by atoms with van der Waals surface area (Å²) in [6.07, 6.45) is 0.610. The minimum absolute atomic E-state index is 0.0781. The predicted molar refractivity (Wildman–Crippen MR) is 98.2 cm³/mol. The number of aromatic nitrogens is 2. The molecule has 25 heavy (non-hydrogen) atoms. The van der Waals surface area contributed by atoms with Crippen molar-refractivity contribution in [2.45, 2.75) is 20.3 Å². The van der Waals surface area contributed by atoms with Crippen molar-refractivity contribution in [3.05, 3.63) is 56.0 Å². The first kappa shape index (κ1) is 17.2. The maximum Gasteiger partial charge on any atom is 0.269 e. The van der Waals surface area contributed by atoms with Crippen LogP contribution in [-0.4, -0.2) is 20.8 Å². The Balaban J connectivity index is 1.77. The molecule has 128 valence electrons. The minimum atomic E-state index is -0.412. The normalized spacial score (nSPS) is 10.6. The molecule has 0 saturated heterocycles. The molecule has 0 fully saturated rings. The van der Waals surface area contributed by atoms with Crippen molar-refractivity contribution in [1.82, 2.24) is 9.97 Å². The molecule has 0 aliphatic carbocycles. The van der Waals surface area contributed by atoms with Gasteiger partial charge in [-0.05, 0) is 12.5 Å². The molecular formula is C16H14N4O3S2. The minimum Gasteiger partial charge on any atom is -0.302 e. The fourth-order valence-corrected chi connectivity index (χ4v) is 4.11. The van der Waals surface area contributed by atoms with E-state index in [0.717, 1.165) is 26.8 Å². The zero-order chi connectivity index (χ0) is 18.0. The third-order valence-electron chi connectivity index (χ3n) is 3.37. The van der Waals surface area contributed by atoms with Gasteiger partial charge in [-0.2, -0.15) is 0 Å². The van der Waals surface area contributed by atoms with Crippen LogP contribution >= 0.6 is 22.7 Å². The van der Waals surface area contributed by atoms with Crippen LogP contribution in [0.4, 0.5) is 10.8 Å². The topological polar surface area (TPSA) is 98.0 Å². The number of nitro groups is 1. The van der Waals surface area contributed by atoms with Crippen LogP contribution in [0, 0.1) is 17.0 Å². The second-order valence-electron chi connectivity index (χ2n) is 5.34. The fraction of sp³-hybridized carbons (Fsp3) is 0.188. The molecule has 3 aromatic rings. The molecule has 2 aromatic heterocycles. The Labute approximate surface area is 151 Å². The summed E-state index contributed by atoms with van der Waals surface area (Å²) in [5.41, 5.74) is 2.69. The summed E-state index contributed by atoms with van der Waals surface area (Å²) in [5, 5.41) is 16.8. The van der Waals surface area contributed by atoms with Crippen LogP contribution in [0.15, 0.2) is 29.6 Å². The number of anilines is 1. The molecule has 0 spiro atoms. The number of carbonyl (C=O) groups is 1. The summed E-state index contributed by atoms with van der Waals surface area (Å²) in [7, 11) is 0.